The number of esters is 1. The first-order chi connectivity index (χ1) is 14.8. The number of allylic oxidation sites excluding steroid dienone is 3. The summed E-state index contributed by atoms with van der Waals surface area (Å²) in [6.45, 7) is 8.72. The largest absolute Gasteiger partial charge is 0.459 e. The van der Waals surface area contributed by atoms with Crippen LogP contribution in [-0.4, -0.2) is 44.8 Å². The number of hydrogen-bond acceptors (Lipinski definition) is 5. The van der Waals surface area contributed by atoms with E-state index >= 15 is 0 Å². The number of carbonyl (C=O) groups excluding carboxylic acids is 1. The summed E-state index contributed by atoms with van der Waals surface area (Å²) < 4.78 is 23.1. The number of fused-ring (bicyclic) bond motifs is 7. The highest BCUT2D eigenvalue weighted by Gasteiger charge is 2.67. The van der Waals surface area contributed by atoms with E-state index in [1.165, 1.54) is 38.2 Å². The second kappa shape index (κ2) is 7.43. The molecule has 0 aromatic heterocycles. The van der Waals surface area contributed by atoms with Gasteiger partial charge in [0.2, 0.25) is 0 Å². The second-order valence-electron chi connectivity index (χ2n) is 11.0. The van der Waals surface area contributed by atoms with Crippen molar-refractivity contribution >= 4 is 5.97 Å². The number of carbonyl (C=O) groups is 1. The number of ether oxygens (including phenoxy) is 4. The first-order valence-corrected chi connectivity index (χ1v) is 12.0. The maximum Gasteiger partial charge on any atom is 0.303 e. The minimum atomic E-state index is -0.208. The van der Waals surface area contributed by atoms with Gasteiger partial charge in [-0.05, 0) is 48.9 Å². The van der Waals surface area contributed by atoms with Crippen molar-refractivity contribution in [2.75, 3.05) is 14.2 Å². The monoisotopic (exact) mass is 430 g/mol. The Balaban J connectivity index is 1.43. The van der Waals surface area contributed by atoms with Crippen molar-refractivity contribution in [3.63, 3.8) is 0 Å². The van der Waals surface area contributed by atoms with Crippen molar-refractivity contribution in [1.82, 2.24) is 0 Å². The van der Waals surface area contributed by atoms with Crippen LogP contribution in [0.15, 0.2) is 23.3 Å². The minimum absolute atomic E-state index is 0.0397. The van der Waals surface area contributed by atoms with Gasteiger partial charge in [0.05, 0.1) is 6.10 Å². The van der Waals surface area contributed by atoms with Crippen LogP contribution in [0, 0.1) is 34.5 Å². The quantitative estimate of drug-likeness (QED) is 0.361. The highest BCUT2D eigenvalue weighted by molar-refractivity contribution is 5.66. The van der Waals surface area contributed by atoms with Crippen LogP contribution in [0.5, 0.6) is 0 Å². The van der Waals surface area contributed by atoms with E-state index in [4.69, 9.17) is 18.9 Å². The Morgan fingerprint density at radius 1 is 1.13 bits per heavy atom. The molecule has 3 saturated carbocycles. The molecular formula is C26H38O5. The number of rotatable bonds is 5. The lowest BCUT2D eigenvalue weighted by Gasteiger charge is -2.54. The summed E-state index contributed by atoms with van der Waals surface area (Å²) in [5.74, 6) is 1.93. The number of epoxide rings is 1. The summed E-state index contributed by atoms with van der Waals surface area (Å²) in [7, 11) is 3.51. The zero-order valence-corrected chi connectivity index (χ0v) is 19.9. The zero-order chi connectivity index (χ0) is 22.1. The van der Waals surface area contributed by atoms with Crippen LogP contribution in [0.2, 0.25) is 0 Å². The van der Waals surface area contributed by atoms with Crippen LogP contribution in [0.3, 0.4) is 0 Å². The fraction of sp³-hybridized carbons (Fsp3) is 0.808. The van der Waals surface area contributed by atoms with Crippen molar-refractivity contribution in [2.45, 2.75) is 84.4 Å². The van der Waals surface area contributed by atoms with Crippen molar-refractivity contribution < 1.29 is 23.7 Å². The Morgan fingerprint density at radius 2 is 1.87 bits per heavy atom. The Labute approximate surface area is 186 Å². The Morgan fingerprint density at radius 3 is 2.55 bits per heavy atom. The standard InChI is InChI=1S/C26H38O5/c1-14(24(28-5)29-6)18-9-10-19-17-8-7-16-13-21(30-15(2)27)22-23(31-22)26(16,4)20(17)11-12-25(18,19)3/h7-8,14,18-24H,9-13H2,1-6H3/t14?,18-,19+,20+,21-,22+,23+,25-,26+/m1/s1. The molecule has 0 radical (unpaired) electrons. The zero-order valence-electron chi connectivity index (χ0n) is 19.9. The van der Waals surface area contributed by atoms with Gasteiger partial charge in [0.1, 0.15) is 12.2 Å². The van der Waals surface area contributed by atoms with Gasteiger partial charge < -0.3 is 18.9 Å². The summed E-state index contributed by atoms with van der Waals surface area (Å²) in [6, 6.07) is 0. The predicted octanol–water partition coefficient (Wildman–Crippen LogP) is 4.66. The normalized spacial score (nSPS) is 46.2. The van der Waals surface area contributed by atoms with Gasteiger partial charge in [-0.25, -0.2) is 0 Å². The van der Waals surface area contributed by atoms with Gasteiger partial charge in [-0.15, -0.1) is 0 Å². The molecule has 0 spiro atoms. The molecule has 31 heavy (non-hydrogen) atoms. The van der Waals surface area contributed by atoms with E-state index in [2.05, 4.69) is 32.9 Å². The highest BCUT2D eigenvalue weighted by Crippen LogP contribution is 2.68. The third-order valence-corrected chi connectivity index (χ3v) is 9.83. The first kappa shape index (κ1) is 21.7. The molecule has 0 N–H and O–H groups in total. The molecule has 4 fully saturated rings. The fourth-order valence-electron chi connectivity index (χ4n) is 8.31. The maximum absolute atomic E-state index is 11.6. The molecule has 172 valence electrons. The van der Waals surface area contributed by atoms with Gasteiger partial charge in [-0.1, -0.05) is 44.1 Å². The van der Waals surface area contributed by atoms with E-state index in [1.807, 2.05) is 0 Å². The third kappa shape index (κ3) is 3.02. The van der Waals surface area contributed by atoms with Crippen molar-refractivity contribution in [3.05, 3.63) is 23.3 Å². The molecule has 5 nitrogen and oxygen atoms in total. The Hall–Kier alpha value is -1.17. The first-order valence-electron chi connectivity index (χ1n) is 12.0. The molecule has 5 rings (SSSR count). The van der Waals surface area contributed by atoms with E-state index in [1.54, 1.807) is 19.8 Å². The Kier molecular flexibility index (Phi) is 5.19. The van der Waals surface area contributed by atoms with Crippen LogP contribution in [-0.2, 0) is 23.7 Å². The fourth-order valence-corrected chi connectivity index (χ4v) is 8.31. The molecule has 9 atom stereocenters. The summed E-state index contributed by atoms with van der Waals surface area (Å²) >= 11 is 0. The third-order valence-electron chi connectivity index (χ3n) is 9.83. The van der Waals surface area contributed by atoms with E-state index in [0.29, 0.717) is 23.7 Å². The molecule has 0 aromatic carbocycles. The molecular weight excluding hydrogens is 392 g/mol. The van der Waals surface area contributed by atoms with Gasteiger partial charge in [0.25, 0.3) is 0 Å². The molecule has 1 heterocycles. The van der Waals surface area contributed by atoms with Crippen molar-refractivity contribution in [3.8, 4) is 0 Å². The van der Waals surface area contributed by atoms with Gasteiger partial charge in [-0.3, -0.25) is 4.79 Å². The van der Waals surface area contributed by atoms with Crippen LogP contribution in [0.25, 0.3) is 0 Å². The van der Waals surface area contributed by atoms with Gasteiger partial charge >= 0.3 is 5.97 Å². The molecule has 1 unspecified atom stereocenters. The van der Waals surface area contributed by atoms with Gasteiger partial charge in [0, 0.05) is 38.9 Å². The molecule has 0 amide bonds. The van der Waals surface area contributed by atoms with Crippen molar-refractivity contribution in [1.29, 1.82) is 0 Å². The van der Waals surface area contributed by atoms with Crippen LogP contribution in [0.1, 0.15) is 59.8 Å². The highest BCUT2D eigenvalue weighted by atomic mass is 16.7. The van der Waals surface area contributed by atoms with Crippen LogP contribution >= 0.6 is 0 Å². The number of methoxy groups -OCH3 is 2. The number of hydrogen-bond donors (Lipinski definition) is 0. The smallest absolute Gasteiger partial charge is 0.303 e. The van der Waals surface area contributed by atoms with Crippen LogP contribution in [0.4, 0.5) is 0 Å². The molecule has 4 aliphatic carbocycles. The lowest BCUT2D eigenvalue weighted by molar-refractivity contribution is -0.156. The molecule has 1 aliphatic heterocycles. The average molecular weight is 431 g/mol. The SMILES string of the molecule is COC(OC)C(C)[C@H]1CC[C@H]2C3=CC=C4C[C@@H](OC(C)=O)[C@@H]5O[C@@H]5[C@]4(C)[C@H]3CC[C@]12C. The van der Waals surface area contributed by atoms with Gasteiger partial charge in [0.15, 0.2) is 6.29 Å². The summed E-state index contributed by atoms with van der Waals surface area (Å²) in [6.07, 6.45) is 10.5. The van der Waals surface area contributed by atoms with Crippen molar-refractivity contribution in [2.24, 2.45) is 34.5 Å². The van der Waals surface area contributed by atoms with E-state index in [9.17, 15) is 4.79 Å². The van der Waals surface area contributed by atoms with E-state index in [0.717, 1.165) is 6.42 Å². The maximum atomic E-state index is 11.6. The van der Waals surface area contributed by atoms with E-state index in [-0.39, 0.29) is 41.4 Å². The Bertz CT molecular complexity index is 813. The molecule has 0 aromatic rings. The lowest BCUT2D eigenvalue weighted by atomic mass is 9.50. The topological polar surface area (TPSA) is 57.3 Å². The summed E-state index contributed by atoms with van der Waals surface area (Å²) in [4.78, 5) is 11.6. The molecule has 5 heteroatoms. The van der Waals surface area contributed by atoms with E-state index < -0.39 is 0 Å². The predicted molar refractivity (Wildman–Crippen MR) is 117 cm³/mol. The summed E-state index contributed by atoms with van der Waals surface area (Å²) in [5.41, 5.74) is 3.38. The molecule has 0 bridgehead atoms. The summed E-state index contributed by atoms with van der Waals surface area (Å²) in [5, 5.41) is 0. The molecule has 5 aliphatic rings. The second-order valence-corrected chi connectivity index (χ2v) is 11.0. The molecule has 1 saturated heterocycles. The van der Waals surface area contributed by atoms with Gasteiger partial charge in [-0.2, -0.15) is 0 Å². The van der Waals surface area contributed by atoms with Crippen LogP contribution < -0.4 is 0 Å². The lowest BCUT2D eigenvalue weighted by Crippen LogP contribution is -2.50. The minimum Gasteiger partial charge on any atom is -0.459 e. The average Bonchev–Trinajstić information content (AvgIpc) is 3.46.